The third-order valence-electron chi connectivity index (χ3n) is 5.27. The lowest BCUT2D eigenvalue weighted by Crippen LogP contribution is -2.24. The Balaban J connectivity index is 1.43. The van der Waals surface area contributed by atoms with Crippen molar-refractivity contribution in [2.75, 3.05) is 11.9 Å². The van der Waals surface area contributed by atoms with Crippen LogP contribution >= 0.6 is 0 Å². The first-order valence-electron chi connectivity index (χ1n) is 10.3. The van der Waals surface area contributed by atoms with Crippen LogP contribution in [0.25, 0.3) is 17.4 Å². The molecule has 2 N–H and O–H groups in total. The largest absolute Gasteiger partial charge is 0.484 e. The number of carbonyl (C=O) groups excluding carboxylic acids is 1. The highest BCUT2D eigenvalue weighted by Crippen LogP contribution is 2.25. The number of ether oxygens (including phenoxy) is 1. The number of nitrogens with one attached hydrogen (secondary N) is 2. The summed E-state index contributed by atoms with van der Waals surface area (Å²) in [5.74, 6) is 1.33. The second-order valence-corrected chi connectivity index (χ2v) is 7.62. The average molecular weight is 431 g/mol. The van der Waals surface area contributed by atoms with Gasteiger partial charge in [0.2, 0.25) is 5.95 Å². The van der Waals surface area contributed by atoms with E-state index in [1.807, 2.05) is 19.1 Å². The molecule has 1 amide bonds. The van der Waals surface area contributed by atoms with Crippen molar-refractivity contribution in [3.63, 3.8) is 0 Å². The van der Waals surface area contributed by atoms with Gasteiger partial charge in [-0.3, -0.25) is 14.6 Å². The van der Waals surface area contributed by atoms with Gasteiger partial charge in [-0.15, -0.1) is 0 Å². The molecule has 0 spiro atoms. The van der Waals surface area contributed by atoms with Crippen LogP contribution in [0, 0.1) is 6.92 Å². The minimum absolute atomic E-state index is 0.182. The lowest BCUT2D eigenvalue weighted by molar-refractivity contribution is -0.118. The summed E-state index contributed by atoms with van der Waals surface area (Å²) in [4.78, 5) is 32.4. The number of hydrogen-bond donors (Lipinski definition) is 2. The first-order valence-corrected chi connectivity index (χ1v) is 10.3. The maximum atomic E-state index is 12.6. The SMILES string of the molecule is Cc1ccc(OCC(=O)Nc2cc(-c3ccco3)nn2-c2nc3c(c(=O)[nH]2)CCC3)cc1. The number of nitrogens with zero attached hydrogens (tertiary/aromatic N) is 3. The van der Waals surface area contributed by atoms with Gasteiger partial charge in [-0.1, -0.05) is 17.7 Å². The number of anilines is 1. The van der Waals surface area contributed by atoms with Gasteiger partial charge in [0.05, 0.1) is 12.0 Å². The Morgan fingerprint density at radius 3 is 2.88 bits per heavy atom. The van der Waals surface area contributed by atoms with Gasteiger partial charge in [-0.05, 0) is 50.5 Å². The van der Waals surface area contributed by atoms with E-state index in [-0.39, 0.29) is 24.0 Å². The third-order valence-corrected chi connectivity index (χ3v) is 5.27. The van der Waals surface area contributed by atoms with Crippen molar-refractivity contribution in [1.82, 2.24) is 19.7 Å². The molecule has 4 aromatic rings. The first kappa shape index (κ1) is 19.8. The fourth-order valence-electron chi connectivity index (χ4n) is 3.67. The number of aromatic nitrogens is 4. The summed E-state index contributed by atoms with van der Waals surface area (Å²) in [6, 6.07) is 12.6. The van der Waals surface area contributed by atoms with Crippen LogP contribution < -0.4 is 15.6 Å². The quantitative estimate of drug-likeness (QED) is 0.485. The Hall–Kier alpha value is -4.14. The summed E-state index contributed by atoms with van der Waals surface area (Å²) >= 11 is 0. The highest BCUT2D eigenvalue weighted by atomic mass is 16.5. The van der Waals surface area contributed by atoms with Crippen molar-refractivity contribution in [3.05, 3.63) is 75.9 Å². The van der Waals surface area contributed by atoms with Crippen LogP contribution in [0.3, 0.4) is 0 Å². The molecular formula is C23H21N5O4. The highest BCUT2D eigenvalue weighted by Gasteiger charge is 2.21. The molecule has 1 aromatic carbocycles. The predicted molar refractivity (Wildman–Crippen MR) is 117 cm³/mol. The van der Waals surface area contributed by atoms with Crippen LogP contribution in [0.2, 0.25) is 0 Å². The normalized spacial score (nSPS) is 12.5. The topological polar surface area (TPSA) is 115 Å². The highest BCUT2D eigenvalue weighted by molar-refractivity contribution is 5.91. The van der Waals surface area contributed by atoms with Gasteiger partial charge in [-0.2, -0.15) is 9.78 Å². The number of aryl methyl sites for hydroxylation is 2. The molecule has 9 heteroatoms. The van der Waals surface area contributed by atoms with Gasteiger partial charge < -0.3 is 14.5 Å². The van der Waals surface area contributed by atoms with E-state index < -0.39 is 0 Å². The van der Waals surface area contributed by atoms with Gasteiger partial charge in [0, 0.05) is 11.6 Å². The number of hydrogen-bond acceptors (Lipinski definition) is 6. The van der Waals surface area contributed by atoms with E-state index in [1.165, 1.54) is 10.9 Å². The van der Waals surface area contributed by atoms with E-state index in [1.54, 1.807) is 30.3 Å². The number of carbonyl (C=O) groups is 1. The lowest BCUT2D eigenvalue weighted by Gasteiger charge is -2.10. The second-order valence-electron chi connectivity index (χ2n) is 7.62. The van der Waals surface area contributed by atoms with Gasteiger partial charge in [-0.25, -0.2) is 4.98 Å². The zero-order valence-corrected chi connectivity index (χ0v) is 17.4. The zero-order chi connectivity index (χ0) is 22.1. The van der Waals surface area contributed by atoms with Crippen LogP contribution in [0.4, 0.5) is 5.82 Å². The van der Waals surface area contributed by atoms with E-state index in [4.69, 9.17) is 9.15 Å². The Kier molecular flexibility index (Phi) is 5.06. The van der Waals surface area contributed by atoms with Crippen LogP contribution in [-0.4, -0.2) is 32.3 Å². The minimum Gasteiger partial charge on any atom is -0.484 e. The molecule has 0 fully saturated rings. The predicted octanol–water partition coefficient (Wildman–Crippen LogP) is 3.03. The van der Waals surface area contributed by atoms with Crippen molar-refractivity contribution in [1.29, 1.82) is 0 Å². The molecule has 32 heavy (non-hydrogen) atoms. The number of fused-ring (bicyclic) bond motifs is 1. The van der Waals surface area contributed by atoms with Crippen LogP contribution in [0.5, 0.6) is 5.75 Å². The van der Waals surface area contributed by atoms with E-state index in [0.717, 1.165) is 24.1 Å². The minimum atomic E-state index is -0.374. The summed E-state index contributed by atoms with van der Waals surface area (Å²) in [6.07, 6.45) is 3.89. The second kappa shape index (κ2) is 8.18. The van der Waals surface area contributed by atoms with Crippen LogP contribution in [-0.2, 0) is 17.6 Å². The first-order chi connectivity index (χ1) is 15.6. The molecule has 0 unspecified atom stereocenters. The van der Waals surface area contributed by atoms with Crippen molar-refractivity contribution < 1.29 is 13.9 Å². The average Bonchev–Trinajstić information content (AvgIpc) is 3.53. The number of aromatic amines is 1. The molecule has 0 atom stereocenters. The fourth-order valence-corrected chi connectivity index (χ4v) is 3.67. The molecule has 3 aromatic heterocycles. The van der Waals surface area contributed by atoms with Gasteiger partial charge in [0.15, 0.2) is 12.4 Å². The fraction of sp³-hybridized carbons (Fsp3) is 0.217. The maximum Gasteiger partial charge on any atom is 0.263 e. The van der Waals surface area contributed by atoms with E-state index in [9.17, 15) is 9.59 Å². The monoisotopic (exact) mass is 431 g/mol. The van der Waals surface area contributed by atoms with Crippen molar-refractivity contribution in [3.8, 4) is 23.2 Å². The number of amides is 1. The Labute approximate surface area is 183 Å². The van der Waals surface area contributed by atoms with E-state index in [2.05, 4.69) is 20.4 Å². The van der Waals surface area contributed by atoms with Gasteiger partial charge in [0.25, 0.3) is 11.5 Å². The third kappa shape index (κ3) is 3.92. The molecule has 3 heterocycles. The summed E-state index contributed by atoms with van der Waals surface area (Å²) in [5.41, 5.74) is 2.89. The number of benzene rings is 1. The van der Waals surface area contributed by atoms with E-state index in [0.29, 0.717) is 35.0 Å². The standard InChI is InChI=1S/C23H21N5O4/c1-14-7-9-15(10-8-14)32-13-21(29)25-20-12-18(19-6-3-11-31-19)27-28(20)23-24-17-5-2-4-16(17)22(30)26-23/h3,6-12H,2,4-5,13H2,1H3,(H,25,29)(H,24,26,30). The molecule has 9 nitrogen and oxygen atoms in total. The Bertz CT molecular complexity index is 1320. The molecule has 5 rings (SSSR count). The van der Waals surface area contributed by atoms with Crippen molar-refractivity contribution in [2.24, 2.45) is 0 Å². The summed E-state index contributed by atoms with van der Waals surface area (Å²) in [5, 5.41) is 7.30. The maximum absolute atomic E-state index is 12.6. The zero-order valence-electron chi connectivity index (χ0n) is 17.4. The molecular weight excluding hydrogens is 410 g/mol. The van der Waals surface area contributed by atoms with Crippen molar-refractivity contribution >= 4 is 11.7 Å². The molecule has 0 radical (unpaired) electrons. The Morgan fingerprint density at radius 1 is 1.25 bits per heavy atom. The number of rotatable bonds is 6. The van der Waals surface area contributed by atoms with E-state index >= 15 is 0 Å². The molecule has 1 aliphatic carbocycles. The molecule has 1 aliphatic rings. The van der Waals surface area contributed by atoms with Crippen molar-refractivity contribution in [2.45, 2.75) is 26.2 Å². The summed E-state index contributed by atoms with van der Waals surface area (Å²) < 4.78 is 12.4. The van der Waals surface area contributed by atoms with Crippen LogP contribution in [0.15, 0.2) is 57.9 Å². The van der Waals surface area contributed by atoms with Gasteiger partial charge in [0.1, 0.15) is 17.3 Å². The van der Waals surface area contributed by atoms with Crippen LogP contribution in [0.1, 0.15) is 23.2 Å². The van der Waals surface area contributed by atoms with Gasteiger partial charge >= 0.3 is 0 Å². The number of furan rings is 1. The lowest BCUT2D eigenvalue weighted by atomic mass is 10.2. The smallest absolute Gasteiger partial charge is 0.263 e. The molecule has 0 saturated heterocycles. The Morgan fingerprint density at radius 2 is 2.09 bits per heavy atom. The molecule has 162 valence electrons. The molecule has 0 saturated carbocycles. The summed E-state index contributed by atoms with van der Waals surface area (Å²) in [7, 11) is 0. The molecule has 0 bridgehead atoms. The molecule has 0 aliphatic heterocycles. The summed E-state index contributed by atoms with van der Waals surface area (Å²) in [6.45, 7) is 1.80. The number of H-pyrrole nitrogens is 1.